The van der Waals surface area contributed by atoms with Gasteiger partial charge >= 0.3 is 5.97 Å². The van der Waals surface area contributed by atoms with Crippen LogP contribution in [-0.2, 0) is 0 Å². The summed E-state index contributed by atoms with van der Waals surface area (Å²) in [5.41, 5.74) is 0.404. The Morgan fingerprint density at radius 1 is 1.26 bits per heavy atom. The molecule has 0 bridgehead atoms. The van der Waals surface area contributed by atoms with E-state index < -0.39 is 11.9 Å². The summed E-state index contributed by atoms with van der Waals surface area (Å²) in [6.07, 6.45) is 0. The second-order valence-electron chi connectivity index (χ2n) is 3.63. The van der Waals surface area contributed by atoms with Gasteiger partial charge in [-0.3, -0.25) is 4.79 Å². The van der Waals surface area contributed by atoms with Gasteiger partial charge in [-0.15, -0.1) is 11.3 Å². The van der Waals surface area contributed by atoms with Crippen molar-refractivity contribution in [2.75, 3.05) is 5.32 Å². The normalized spacial score (nSPS) is 10.2. The van der Waals surface area contributed by atoms with Crippen molar-refractivity contribution < 1.29 is 19.8 Å². The molecule has 0 fully saturated rings. The molecule has 0 saturated heterocycles. The van der Waals surface area contributed by atoms with Crippen molar-refractivity contribution in [3.05, 3.63) is 44.6 Å². The van der Waals surface area contributed by atoms with Gasteiger partial charge in [-0.25, -0.2) is 4.79 Å². The molecule has 1 aromatic carbocycles. The van der Waals surface area contributed by atoms with Crippen LogP contribution < -0.4 is 5.32 Å². The zero-order valence-corrected chi connectivity index (χ0v) is 11.8. The van der Waals surface area contributed by atoms with E-state index in [2.05, 4.69) is 21.2 Å². The van der Waals surface area contributed by atoms with Crippen molar-refractivity contribution in [3.8, 4) is 5.75 Å². The van der Waals surface area contributed by atoms with Crippen LogP contribution in [0.1, 0.15) is 20.7 Å². The number of hydrogen-bond acceptors (Lipinski definition) is 4. The molecule has 0 aliphatic rings. The van der Waals surface area contributed by atoms with Crippen LogP contribution in [-0.4, -0.2) is 22.1 Å². The number of nitrogens with one attached hydrogen (secondary N) is 1. The third-order valence-corrected chi connectivity index (χ3v) is 3.82. The number of anilines is 1. The molecule has 7 heteroatoms. The molecule has 0 aliphatic heterocycles. The smallest absolute Gasteiger partial charge is 0.337 e. The predicted molar refractivity (Wildman–Crippen MR) is 75.0 cm³/mol. The number of halogens is 1. The SMILES string of the molecule is O=C(Nc1ccc(O)cc1C(=O)O)c1csc(Br)c1. The maximum absolute atomic E-state index is 11.9. The Bertz CT molecular complexity index is 653. The van der Waals surface area contributed by atoms with Gasteiger partial charge in [0, 0.05) is 5.38 Å². The van der Waals surface area contributed by atoms with Crippen LogP contribution in [0.4, 0.5) is 5.69 Å². The number of carboxylic acid groups (broad SMARTS) is 1. The fourth-order valence-electron chi connectivity index (χ4n) is 1.44. The van der Waals surface area contributed by atoms with E-state index in [-0.39, 0.29) is 17.0 Å². The van der Waals surface area contributed by atoms with E-state index >= 15 is 0 Å². The first kappa shape index (κ1) is 13.6. The van der Waals surface area contributed by atoms with E-state index in [1.54, 1.807) is 11.4 Å². The summed E-state index contributed by atoms with van der Waals surface area (Å²) in [6, 6.07) is 5.38. The van der Waals surface area contributed by atoms with Crippen LogP contribution in [0, 0.1) is 0 Å². The van der Waals surface area contributed by atoms with Gasteiger partial charge in [0.15, 0.2) is 0 Å². The van der Waals surface area contributed by atoms with Crippen LogP contribution >= 0.6 is 27.3 Å². The molecule has 1 heterocycles. The zero-order chi connectivity index (χ0) is 14.0. The summed E-state index contributed by atoms with van der Waals surface area (Å²) in [4.78, 5) is 22.9. The second-order valence-corrected chi connectivity index (χ2v) is 5.92. The quantitative estimate of drug-likeness (QED) is 0.748. The summed E-state index contributed by atoms with van der Waals surface area (Å²) in [5.74, 6) is -1.80. The van der Waals surface area contributed by atoms with E-state index in [9.17, 15) is 14.7 Å². The van der Waals surface area contributed by atoms with Gasteiger partial charge in [-0.2, -0.15) is 0 Å². The summed E-state index contributed by atoms with van der Waals surface area (Å²) in [6.45, 7) is 0. The lowest BCUT2D eigenvalue weighted by atomic mass is 10.1. The van der Waals surface area contributed by atoms with Gasteiger partial charge < -0.3 is 15.5 Å². The standard InChI is InChI=1S/C12H8BrNO4S/c13-10-3-6(5-19-10)11(16)14-9-2-1-7(15)4-8(9)12(17)18/h1-5,15H,(H,14,16)(H,17,18). The van der Waals surface area contributed by atoms with Crippen LogP contribution in [0.5, 0.6) is 5.75 Å². The number of phenolic OH excluding ortho intramolecular Hbond substituents is 1. The summed E-state index contributed by atoms with van der Waals surface area (Å²) in [5, 5.41) is 22.4. The molecule has 0 radical (unpaired) electrons. The molecule has 2 aromatic rings. The number of thiophene rings is 1. The van der Waals surface area contributed by atoms with Crippen molar-refractivity contribution in [3.63, 3.8) is 0 Å². The van der Waals surface area contributed by atoms with Crippen molar-refractivity contribution >= 4 is 44.8 Å². The molecular weight excluding hydrogens is 334 g/mol. The molecule has 2 rings (SSSR count). The summed E-state index contributed by atoms with van der Waals surface area (Å²) >= 11 is 4.60. The van der Waals surface area contributed by atoms with Gasteiger partial charge in [-0.1, -0.05) is 0 Å². The highest BCUT2D eigenvalue weighted by Crippen LogP contribution is 2.24. The highest BCUT2D eigenvalue weighted by Gasteiger charge is 2.15. The Labute approximate surface area is 120 Å². The third kappa shape index (κ3) is 3.12. The topological polar surface area (TPSA) is 86.6 Å². The van der Waals surface area contributed by atoms with Gasteiger partial charge in [0.2, 0.25) is 0 Å². The van der Waals surface area contributed by atoms with Gasteiger partial charge in [0.25, 0.3) is 5.91 Å². The molecular formula is C12H8BrNO4S. The second kappa shape index (κ2) is 5.41. The Morgan fingerprint density at radius 3 is 2.58 bits per heavy atom. The lowest BCUT2D eigenvalue weighted by Gasteiger charge is -2.07. The van der Waals surface area contributed by atoms with Crippen molar-refractivity contribution in [1.29, 1.82) is 0 Å². The van der Waals surface area contributed by atoms with E-state index in [1.807, 2.05) is 0 Å². The summed E-state index contributed by atoms with van der Waals surface area (Å²) in [7, 11) is 0. The maximum atomic E-state index is 11.9. The number of carbonyl (C=O) groups excluding carboxylic acids is 1. The molecule has 0 unspecified atom stereocenters. The molecule has 98 valence electrons. The number of aromatic carboxylic acids is 1. The van der Waals surface area contributed by atoms with Crippen LogP contribution in [0.2, 0.25) is 0 Å². The van der Waals surface area contributed by atoms with Gasteiger partial charge in [-0.05, 0) is 40.2 Å². The first-order valence-electron chi connectivity index (χ1n) is 5.09. The van der Waals surface area contributed by atoms with Gasteiger partial charge in [0.1, 0.15) is 5.75 Å². The lowest BCUT2D eigenvalue weighted by molar-refractivity contribution is 0.0697. The molecule has 19 heavy (non-hydrogen) atoms. The van der Waals surface area contributed by atoms with Crippen LogP contribution in [0.25, 0.3) is 0 Å². The molecule has 1 aromatic heterocycles. The largest absolute Gasteiger partial charge is 0.508 e. The Kier molecular flexibility index (Phi) is 3.87. The molecule has 1 amide bonds. The van der Waals surface area contributed by atoms with Gasteiger partial charge in [0.05, 0.1) is 20.6 Å². The summed E-state index contributed by atoms with van der Waals surface area (Å²) < 4.78 is 0.807. The fourth-order valence-corrected chi connectivity index (χ4v) is 2.58. The molecule has 0 saturated carbocycles. The lowest BCUT2D eigenvalue weighted by Crippen LogP contribution is -2.14. The molecule has 5 nitrogen and oxygen atoms in total. The number of phenols is 1. The number of carboxylic acids is 1. The number of hydrogen-bond donors (Lipinski definition) is 3. The van der Waals surface area contributed by atoms with Crippen LogP contribution in [0.15, 0.2) is 33.4 Å². The van der Waals surface area contributed by atoms with Crippen molar-refractivity contribution in [2.24, 2.45) is 0 Å². The first-order chi connectivity index (χ1) is 8.97. The number of rotatable bonds is 3. The molecule has 3 N–H and O–H groups in total. The van der Waals surface area contributed by atoms with Crippen molar-refractivity contribution in [2.45, 2.75) is 0 Å². The average Bonchev–Trinajstić information content (AvgIpc) is 2.78. The Balaban J connectivity index is 2.28. The number of amides is 1. The Morgan fingerprint density at radius 2 is 2.00 bits per heavy atom. The highest BCUT2D eigenvalue weighted by molar-refractivity contribution is 9.11. The number of aromatic hydroxyl groups is 1. The van der Waals surface area contributed by atoms with Crippen molar-refractivity contribution in [1.82, 2.24) is 0 Å². The minimum absolute atomic E-state index is 0.137. The minimum atomic E-state index is -1.22. The molecule has 0 atom stereocenters. The van der Waals surface area contributed by atoms with E-state index in [0.717, 1.165) is 9.85 Å². The Hall–Kier alpha value is -1.86. The number of carbonyl (C=O) groups is 2. The predicted octanol–water partition coefficient (Wildman–Crippen LogP) is 3.17. The van der Waals surface area contributed by atoms with E-state index in [0.29, 0.717) is 5.56 Å². The van der Waals surface area contributed by atoms with E-state index in [1.165, 1.54) is 23.5 Å². The first-order valence-corrected chi connectivity index (χ1v) is 6.76. The third-order valence-electron chi connectivity index (χ3n) is 2.31. The molecule has 0 spiro atoms. The monoisotopic (exact) mass is 341 g/mol. The van der Waals surface area contributed by atoms with E-state index in [4.69, 9.17) is 5.11 Å². The zero-order valence-electron chi connectivity index (χ0n) is 9.38. The number of benzene rings is 1. The minimum Gasteiger partial charge on any atom is -0.508 e. The molecule has 0 aliphatic carbocycles. The average molecular weight is 342 g/mol. The maximum Gasteiger partial charge on any atom is 0.337 e. The highest BCUT2D eigenvalue weighted by atomic mass is 79.9. The fraction of sp³-hybridized carbons (Fsp3) is 0. The van der Waals surface area contributed by atoms with Crippen LogP contribution in [0.3, 0.4) is 0 Å².